The molecule has 116 valence electrons. The lowest BCUT2D eigenvalue weighted by molar-refractivity contribution is -0.122. The van der Waals surface area contributed by atoms with Crippen LogP contribution in [-0.2, 0) is 17.9 Å². The van der Waals surface area contributed by atoms with Gasteiger partial charge >= 0.3 is 0 Å². The number of carbonyl (C=O) groups excluding carboxylic acids is 1. The van der Waals surface area contributed by atoms with Gasteiger partial charge in [-0.1, -0.05) is 42.0 Å². The first-order valence-corrected chi connectivity index (χ1v) is 8.23. The maximum absolute atomic E-state index is 12.1. The number of nitrogens with zero attached hydrogens (tertiary/aromatic N) is 1. The molecule has 0 fully saturated rings. The molecule has 0 saturated heterocycles. The second-order valence-corrected chi connectivity index (χ2v) is 6.33. The van der Waals surface area contributed by atoms with Crippen molar-refractivity contribution in [2.75, 3.05) is 13.1 Å². The maximum Gasteiger partial charge on any atom is 0.234 e. The number of rotatable bonds is 8. The predicted molar refractivity (Wildman–Crippen MR) is 92.8 cm³/mol. The molecule has 0 aliphatic rings. The summed E-state index contributed by atoms with van der Waals surface area (Å²) < 4.78 is 0. The first-order chi connectivity index (χ1) is 10.7. The Kier molecular flexibility index (Phi) is 6.37. The highest BCUT2D eigenvalue weighted by molar-refractivity contribution is 7.09. The van der Waals surface area contributed by atoms with Crippen LogP contribution in [0.15, 0.2) is 54.4 Å². The van der Waals surface area contributed by atoms with E-state index in [1.54, 1.807) is 11.3 Å². The number of hydrogen-bond donors (Lipinski definition) is 1. The topological polar surface area (TPSA) is 32.3 Å². The zero-order valence-corrected chi connectivity index (χ0v) is 13.7. The van der Waals surface area contributed by atoms with E-state index < -0.39 is 0 Å². The van der Waals surface area contributed by atoms with Crippen LogP contribution in [0.1, 0.15) is 16.0 Å². The Morgan fingerprint density at radius 1 is 1.32 bits per heavy atom. The zero-order chi connectivity index (χ0) is 15.8. The quantitative estimate of drug-likeness (QED) is 0.758. The normalized spacial score (nSPS) is 10.6. The lowest BCUT2D eigenvalue weighted by Gasteiger charge is -2.19. The Morgan fingerprint density at radius 3 is 2.73 bits per heavy atom. The van der Waals surface area contributed by atoms with Gasteiger partial charge in [-0.05, 0) is 23.9 Å². The number of thiophene rings is 1. The van der Waals surface area contributed by atoms with E-state index in [1.165, 1.54) is 10.4 Å². The monoisotopic (exact) mass is 314 g/mol. The molecule has 1 N–H and O–H groups in total. The number of carbonyl (C=O) groups is 1. The molecule has 0 bridgehead atoms. The number of nitrogens with one attached hydrogen (secondary N) is 1. The smallest absolute Gasteiger partial charge is 0.234 e. The van der Waals surface area contributed by atoms with Gasteiger partial charge in [0.2, 0.25) is 5.91 Å². The molecule has 1 aromatic heterocycles. The van der Waals surface area contributed by atoms with E-state index in [1.807, 2.05) is 24.3 Å². The molecule has 0 aliphatic carbocycles. The van der Waals surface area contributed by atoms with E-state index >= 15 is 0 Å². The molecule has 2 aromatic rings. The summed E-state index contributed by atoms with van der Waals surface area (Å²) in [5, 5.41) is 5.03. The molecule has 0 spiro atoms. The van der Waals surface area contributed by atoms with Gasteiger partial charge in [0.25, 0.3) is 0 Å². The van der Waals surface area contributed by atoms with Crippen molar-refractivity contribution < 1.29 is 4.79 Å². The van der Waals surface area contributed by atoms with Crippen LogP contribution < -0.4 is 5.32 Å². The van der Waals surface area contributed by atoms with Gasteiger partial charge in [-0.15, -0.1) is 17.9 Å². The molecule has 1 aromatic carbocycles. The molecule has 2 rings (SSSR count). The lowest BCUT2D eigenvalue weighted by atomic mass is 10.1. The lowest BCUT2D eigenvalue weighted by Crippen LogP contribution is -2.36. The van der Waals surface area contributed by atoms with E-state index in [9.17, 15) is 4.79 Å². The van der Waals surface area contributed by atoms with Gasteiger partial charge in [0.05, 0.1) is 6.54 Å². The average Bonchev–Trinajstić information content (AvgIpc) is 3.00. The predicted octanol–water partition coefficient (Wildman–Crippen LogP) is 3.36. The third-order valence-electron chi connectivity index (χ3n) is 3.32. The second kappa shape index (κ2) is 8.51. The minimum atomic E-state index is 0.0407. The summed E-state index contributed by atoms with van der Waals surface area (Å²) in [5.41, 5.74) is 2.34. The van der Waals surface area contributed by atoms with Crippen molar-refractivity contribution in [2.45, 2.75) is 20.0 Å². The SMILES string of the molecule is C=CCN(CC(=O)NCc1ccc(C)cc1)Cc1cccs1. The van der Waals surface area contributed by atoms with Crippen molar-refractivity contribution in [1.82, 2.24) is 10.2 Å². The fraction of sp³-hybridized carbons (Fsp3) is 0.278. The van der Waals surface area contributed by atoms with Crippen LogP contribution in [0.25, 0.3) is 0 Å². The molecular formula is C18H22N2OS. The van der Waals surface area contributed by atoms with Gasteiger partial charge in [-0.25, -0.2) is 0 Å². The summed E-state index contributed by atoms with van der Waals surface area (Å²) in [7, 11) is 0. The molecule has 3 nitrogen and oxygen atoms in total. The molecule has 0 aliphatic heterocycles. The van der Waals surface area contributed by atoms with E-state index in [0.717, 1.165) is 12.1 Å². The van der Waals surface area contributed by atoms with E-state index in [0.29, 0.717) is 19.6 Å². The Bertz CT molecular complexity index is 590. The first kappa shape index (κ1) is 16.5. The van der Waals surface area contributed by atoms with Crippen LogP contribution in [0.2, 0.25) is 0 Å². The zero-order valence-electron chi connectivity index (χ0n) is 12.9. The van der Waals surface area contributed by atoms with Gasteiger partial charge in [0.15, 0.2) is 0 Å². The van der Waals surface area contributed by atoms with Crippen LogP contribution in [0.4, 0.5) is 0 Å². The Labute approximate surface area is 136 Å². The minimum absolute atomic E-state index is 0.0407. The summed E-state index contributed by atoms with van der Waals surface area (Å²) in [4.78, 5) is 15.5. The molecule has 1 amide bonds. The van der Waals surface area contributed by atoms with Crippen LogP contribution in [-0.4, -0.2) is 23.9 Å². The largest absolute Gasteiger partial charge is 0.351 e. The van der Waals surface area contributed by atoms with Crippen molar-refractivity contribution in [1.29, 1.82) is 0 Å². The Hall–Kier alpha value is -1.91. The fourth-order valence-electron chi connectivity index (χ4n) is 2.16. The van der Waals surface area contributed by atoms with Crippen molar-refractivity contribution in [3.05, 3.63) is 70.4 Å². The fourth-order valence-corrected chi connectivity index (χ4v) is 2.90. The van der Waals surface area contributed by atoms with E-state index in [-0.39, 0.29) is 5.91 Å². The Morgan fingerprint density at radius 2 is 2.09 bits per heavy atom. The summed E-state index contributed by atoms with van der Waals surface area (Å²) in [6.45, 7) is 8.26. The third kappa shape index (κ3) is 5.47. The second-order valence-electron chi connectivity index (χ2n) is 5.30. The molecule has 22 heavy (non-hydrogen) atoms. The van der Waals surface area contributed by atoms with Gasteiger partial charge < -0.3 is 5.32 Å². The number of amides is 1. The maximum atomic E-state index is 12.1. The van der Waals surface area contributed by atoms with Crippen LogP contribution in [0.3, 0.4) is 0 Å². The highest BCUT2D eigenvalue weighted by Crippen LogP contribution is 2.11. The van der Waals surface area contributed by atoms with E-state index in [2.05, 4.69) is 47.3 Å². The van der Waals surface area contributed by atoms with Crippen molar-refractivity contribution in [2.24, 2.45) is 0 Å². The molecule has 0 saturated carbocycles. The summed E-state index contributed by atoms with van der Waals surface area (Å²) in [6, 6.07) is 12.3. The van der Waals surface area contributed by atoms with Gasteiger partial charge in [-0.3, -0.25) is 9.69 Å². The van der Waals surface area contributed by atoms with Crippen LogP contribution >= 0.6 is 11.3 Å². The van der Waals surface area contributed by atoms with Gasteiger partial charge in [0, 0.05) is 24.5 Å². The number of aryl methyl sites for hydroxylation is 1. The first-order valence-electron chi connectivity index (χ1n) is 7.35. The highest BCUT2D eigenvalue weighted by atomic mass is 32.1. The minimum Gasteiger partial charge on any atom is -0.351 e. The van der Waals surface area contributed by atoms with E-state index in [4.69, 9.17) is 0 Å². The summed E-state index contributed by atoms with van der Waals surface area (Å²) in [6.07, 6.45) is 1.83. The molecule has 0 radical (unpaired) electrons. The standard InChI is InChI=1S/C18H22N2OS/c1-3-10-20(13-17-5-4-11-22-17)14-18(21)19-12-16-8-6-15(2)7-9-16/h3-9,11H,1,10,12-14H2,2H3,(H,19,21). The van der Waals surface area contributed by atoms with Crippen LogP contribution in [0.5, 0.6) is 0 Å². The molecule has 1 heterocycles. The van der Waals surface area contributed by atoms with Crippen molar-refractivity contribution in [3.8, 4) is 0 Å². The van der Waals surface area contributed by atoms with Gasteiger partial charge in [0.1, 0.15) is 0 Å². The summed E-state index contributed by atoms with van der Waals surface area (Å²) >= 11 is 1.71. The van der Waals surface area contributed by atoms with Crippen LogP contribution in [0, 0.1) is 6.92 Å². The van der Waals surface area contributed by atoms with Gasteiger partial charge in [-0.2, -0.15) is 0 Å². The number of benzene rings is 1. The molecule has 0 unspecified atom stereocenters. The average molecular weight is 314 g/mol. The number of hydrogen-bond acceptors (Lipinski definition) is 3. The molecular weight excluding hydrogens is 292 g/mol. The third-order valence-corrected chi connectivity index (χ3v) is 4.19. The molecule has 4 heteroatoms. The highest BCUT2D eigenvalue weighted by Gasteiger charge is 2.10. The Balaban J connectivity index is 1.82. The van der Waals surface area contributed by atoms with Crippen molar-refractivity contribution in [3.63, 3.8) is 0 Å². The molecule has 0 atom stereocenters. The van der Waals surface area contributed by atoms with Crippen molar-refractivity contribution >= 4 is 17.2 Å². The summed E-state index contributed by atoms with van der Waals surface area (Å²) in [5.74, 6) is 0.0407.